The van der Waals surface area contributed by atoms with Crippen molar-refractivity contribution in [3.05, 3.63) is 93.5 Å². The zero-order chi connectivity index (χ0) is 35.8. The van der Waals surface area contributed by atoms with Crippen molar-refractivity contribution in [2.75, 3.05) is 57.6 Å². The highest BCUT2D eigenvalue weighted by Crippen LogP contribution is 2.54. The molecule has 2 heterocycles. The highest BCUT2D eigenvalue weighted by Gasteiger charge is 2.60. The number of amides is 2. The van der Waals surface area contributed by atoms with Gasteiger partial charge in [0.2, 0.25) is 0 Å². The first-order valence-electron chi connectivity index (χ1n) is 16.1. The number of hydrogen-bond acceptors (Lipinski definition) is 8. The highest BCUT2D eigenvalue weighted by atomic mass is 35.5. The van der Waals surface area contributed by atoms with Gasteiger partial charge in [-0.3, -0.25) is 14.8 Å². The van der Waals surface area contributed by atoms with Crippen LogP contribution in [0.15, 0.2) is 76.6 Å². The van der Waals surface area contributed by atoms with E-state index in [0.29, 0.717) is 67.1 Å². The minimum absolute atomic E-state index is 0.0667. The quantitative estimate of drug-likeness (QED) is 0.255. The Morgan fingerprint density at radius 3 is 1.96 bits per heavy atom. The van der Waals surface area contributed by atoms with E-state index in [9.17, 15) is 16.8 Å². The van der Waals surface area contributed by atoms with Gasteiger partial charge in [-0.25, -0.2) is 21.6 Å². The molecule has 0 unspecified atom stereocenters. The van der Waals surface area contributed by atoms with Crippen LogP contribution in [-0.2, 0) is 30.8 Å². The Kier molecular flexibility index (Phi) is 10.8. The fourth-order valence-corrected chi connectivity index (χ4v) is 8.17. The minimum Gasteiger partial charge on any atom is -0.493 e. The fraction of sp³-hybridized carbons (Fsp3) is 0.429. The number of piperazine rings is 1. The van der Waals surface area contributed by atoms with Crippen molar-refractivity contribution in [3.8, 4) is 5.75 Å². The predicted octanol–water partition coefficient (Wildman–Crippen LogP) is 5.86. The average molecular weight is 750 g/mol. The van der Waals surface area contributed by atoms with Crippen molar-refractivity contribution in [1.82, 2.24) is 14.7 Å². The zero-order valence-corrected chi connectivity index (χ0v) is 31.5. The number of benzene rings is 3. The number of aliphatic imine (C=N–C) groups is 1. The van der Waals surface area contributed by atoms with Crippen LogP contribution in [0.25, 0.3) is 0 Å². The lowest BCUT2D eigenvalue weighted by Gasteiger charge is -2.47. The Labute approximate surface area is 299 Å². The maximum atomic E-state index is 15.1. The second kappa shape index (κ2) is 14.2. The first kappa shape index (κ1) is 37.1. The number of carbonyl (C=O) groups excluding carboxylic acids is 1. The van der Waals surface area contributed by atoms with Crippen LogP contribution in [0.2, 0.25) is 10.0 Å². The van der Waals surface area contributed by atoms with E-state index in [0.717, 1.165) is 17.4 Å². The van der Waals surface area contributed by atoms with Crippen LogP contribution in [-0.4, -0.2) is 101 Å². The number of amidine groups is 1. The SMILES string of the molecule is CCOc1ccc(S(C)(=O)=O)cc1C1=N[C@@](C)(c2ccc(Cl)cc2)[C@@](C)(c2ccc(Cl)cc2)N1C(=O)N1CCN(CCCS(C)(=O)=O)CC1. The molecule has 0 aliphatic carbocycles. The van der Waals surface area contributed by atoms with Gasteiger partial charge in [0.1, 0.15) is 32.5 Å². The van der Waals surface area contributed by atoms with Crippen molar-refractivity contribution in [2.24, 2.45) is 4.99 Å². The third-order valence-electron chi connectivity index (χ3n) is 9.49. The number of halogens is 2. The van der Waals surface area contributed by atoms with Gasteiger partial charge in [0.25, 0.3) is 0 Å². The Morgan fingerprint density at radius 2 is 1.43 bits per heavy atom. The molecule has 3 aromatic carbocycles. The number of nitrogens with zero attached hydrogens (tertiary/aromatic N) is 4. The van der Waals surface area contributed by atoms with E-state index < -0.39 is 30.8 Å². The number of hydrogen-bond donors (Lipinski definition) is 0. The molecule has 264 valence electrons. The highest BCUT2D eigenvalue weighted by molar-refractivity contribution is 7.91. The van der Waals surface area contributed by atoms with Crippen LogP contribution in [0.3, 0.4) is 0 Å². The van der Waals surface area contributed by atoms with E-state index in [-0.39, 0.29) is 22.5 Å². The average Bonchev–Trinajstić information content (AvgIpc) is 3.28. The van der Waals surface area contributed by atoms with Gasteiger partial charge in [0, 0.05) is 48.7 Å². The van der Waals surface area contributed by atoms with Crippen LogP contribution >= 0.6 is 23.2 Å². The van der Waals surface area contributed by atoms with Crippen molar-refractivity contribution < 1.29 is 26.4 Å². The number of ether oxygens (including phenoxy) is 1. The monoisotopic (exact) mass is 748 g/mol. The number of rotatable bonds is 10. The third-order valence-corrected chi connectivity index (χ3v) is 12.1. The van der Waals surface area contributed by atoms with Crippen molar-refractivity contribution >= 4 is 54.7 Å². The summed E-state index contributed by atoms with van der Waals surface area (Å²) in [5.74, 6) is 0.766. The molecule has 0 N–H and O–H groups in total. The maximum absolute atomic E-state index is 15.1. The number of urea groups is 1. The van der Waals surface area contributed by atoms with Crippen LogP contribution in [0, 0.1) is 0 Å². The molecular weight excluding hydrogens is 707 g/mol. The van der Waals surface area contributed by atoms with Gasteiger partial charge < -0.3 is 9.64 Å². The van der Waals surface area contributed by atoms with E-state index in [1.54, 1.807) is 40.1 Å². The molecule has 5 rings (SSSR count). The molecule has 1 saturated heterocycles. The standard InChI is InChI=1S/C35H42Cl2N4O6S2/c1-6-47-31-17-16-29(49(5,45)46)24-30(31)32-38-34(2,25-8-12-27(36)13-9-25)35(3,26-10-14-28(37)15-11-26)41(32)33(42)40-21-19-39(20-22-40)18-7-23-48(4,43)44/h8-17,24H,6-7,18-23H2,1-5H3/t34-,35+/m0/s1. The molecule has 10 nitrogen and oxygen atoms in total. The van der Waals surface area contributed by atoms with Crippen molar-refractivity contribution in [2.45, 2.75) is 43.2 Å². The summed E-state index contributed by atoms with van der Waals surface area (Å²) >= 11 is 12.7. The molecule has 2 amide bonds. The smallest absolute Gasteiger partial charge is 0.326 e. The zero-order valence-electron chi connectivity index (χ0n) is 28.3. The summed E-state index contributed by atoms with van der Waals surface area (Å²) in [5.41, 5.74) is -0.340. The van der Waals surface area contributed by atoms with Crippen LogP contribution in [0.5, 0.6) is 5.75 Å². The molecule has 14 heteroatoms. The van der Waals surface area contributed by atoms with E-state index in [1.165, 1.54) is 18.4 Å². The van der Waals surface area contributed by atoms with Crippen LogP contribution < -0.4 is 4.74 Å². The molecule has 0 saturated carbocycles. The molecule has 2 atom stereocenters. The van der Waals surface area contributed by atoms with Gasteiger partial charge in [-0.15, -0.1) is 0 Å². The molecule has 2 aliphatic heterocycles. The fourth-order valence-electron chi connectivity index (χ4n) is 6.62. The summed E-state index contributed by atoms with van der Waals surface area (Å²) in [5, 5.41) is 1.08. The van der Waals surface area contributed by atoms with Crippen LogP contribution in [0.4, 0.5) is 4.79 Å². The maximum Gasteiger partial charge on any atom is 0.326 e. The minimum atomic E-state index is -3.64. The molecule has 2 aliphatic rings. The van der Waals surface area contributed by atoms with Gasteiger partial charge in [0.05, 0.1) is 22.8 Å². The van der Waals surface area contributed by atoms with Gasteiger partial charge in [-0.2, -0.15) is 0 Å². The summed E-state index contributed by atoms with van der Waals surface area (Å²) in [6.45, 7) is 8.59. The summed E-state index contributed by atoms with van der Waals surface area (Å²) in [7, 11) is -6.70. The second-order valence-corrected chi connectivity index (χ2v) is 18.0. The first-order chi connectivity index (χ1) is 23.0. The van der Waals surface area contributed by atoms with Crippen LogP contribution in [0.1, 0.15) is 43.9 Å². The molecule has 49 heavy (non-hydrogen) atoms. The summed E-state index contributed by atoms with van der Waals surface area (Å²) in [6.07, 6.45) is 2.88. The first-order valence-corrected chi connectivity index (χ1v) is 20.8. The van der Waals surface area contributed by atoms with Gasteiger partial charge in [0.15, 0.2) is 9.84 Å². The van der Waals surface area contributed by atoms with E-state index in [2.05, 4.69) is 4.90 Å². The lowest BCUT2D eigenvalue weighted by molar-refractivity contribution is 0.0868. The summed E-state index contributed by atoms with van der Waals surface area (Å²) < 4.78 is 55.0. The molecule has 0 bridgehead atoms. The molecule has 0 radical (unpaired) electrons. The number of sulfone groups is 2. The number of carbonyl (C=O) groups is 1. The molecular formula is C35H42Cl2N4O6S2. The Bertz CT molecular complexity index is 1950. The Hall–Kier alpha value is -3.16. The Morgan fingerprint density at radius 1 is 0.857 bits per heavy atom. The third kappa shape index (κ3) is 7.63. The van der Waals surface area contributed by atoms with E-state index in [4.69, 9.17) is 32.9 Å². The summed E-state index contributed by atoms with van der Waals surface area (Å²) in [6, 6.07) is 19.0. The second-order valence-electron chi connectivity index (χ2n) is 12.9. The lowest BCUT2D eigenvalue weighted by atomic mass is 9.71. The van der Waals surface area contributed by atoms with Gasteiger partial charge in [-0.05, 0) is 87.3 Å². The van der Waals surface area contributed by atoms with E-state index >= 15 is 4.79 Å². The normalized spacial score (nSPS) is 21.9. The van der Waals surface area contributed by atoms with Crippen molar-refractivity contribution in [3.63, 3.8) is 0 Å². The lowest BCUT2D eigenvalue weighted by Crippen LogP contribution is -2.60. The molecule has 3 aromatic rings. The molecule has 1 fully saturated rings. The Balaban J connectivity index is 1.68. The largest absolute Gasteiger partial charge is 0.493 e. The van der Waals surface area contributed by atoms with Gasteiger partial charge in [-0.1, -0.05) is 47.5 Å². The molecule has 0 aromatic heterocycles. The van der Waals surface area contributed by atoms with E-state index in [1.807, 2.05) is 45.0 Å². The predicted molar refractivity (Wildman–Crippen MR) is 194 cm³/mol. The molecule has 0 spiro atoms. The van der Waals surface area contributed by atoms with Gasteiger partial charge >= 0.3 is 6.03 Å². The topological polar surface area (TPSA) is 117 Å². The van der Waals surface area contributed by atoms with Crippen molar-refractivity contribution in [1.29, 1.82) is 0 Å². The summed E-state index contributed by atoms with van der Waals surface area (Å²) in [4.78, 5) is 26.1.